The second-order valence-corrected chi connectivity index (χ2v) is 3.62. The van der Waals surface area contributed by atoms with Crippen molar-refractivity contribution >= 4 is 11.7 Å². The van der Waals surface area contributed by atoms with Gasteiger partial charge >= 0.3 is 12.1 Å². The summed E-state index contributed by atoms with van der Waals surface area (Å²) in [5.74, 6) is -0.565. The molecule has 0 radical (unpaired) electrons. The van der Waals surface area contributed by atoms with Crippen molar-refractivity contribution in [3.8, 4) is 0 Å². The van der Waals surface area contributed by atoms with E-state index in [0.717, 1.165) is 10.6 Å². The van der Waals surface area contributed by atoms with E-state index in [0.29, 0.717) is 0 Å². The molecule has 2 heterocycles. The first-order valence-electron chi connectivity index (χ1n) is 5.13. The molecule has 98 valence electrons. The third kappa shape index (κ3) is 1.93. The highest BCUT2D eigenvalue weighted by Gasteiger charge is 2.34. The number of alkyl halides is 3. The molecule has 2 rings (SSSR count). The first-order valence-corrected chi connectivity index (χ1v) is 5.13. The van der Waals surface area contributed by atoms with E-state index < -0.39 is 17.8 Å². The van der Waals surface area contributed by atoms with E-state index >= 15 is 0 Å². The van der Waals surface area contributed by atoms with Crippen molar-refractivity contribution < 1.29 is 22.7 Å². The third-order valence-corrected chi connectivity index (χ3v) is 2.41. The van der Waals surface area contributed by atoms with E-state index in [9.17, 15) is 18.0 Å². The molecule has 18 heavy (non-hydrogen) atoms. The Morgan fingerprint density at radius 1 is 1.44 bits per heavy atom. The minimum Gasteiger partial charge on any atom is -0.461 e. The molecule has 0 N–H and O–H groups in total. The summed E-state index contributed by atoms with van der Waals surface area (Å²) in [6.45, 7) is 1.84. The highest BCUT2D eigenvalue weighted by Crippen LogP contribution is 2.28. The summed E-state index contributed by atoms with van der Waals surface area (Å²) in [6, 6.07) is 0. The Labute approximate surface area is 99.8 Å². The van der Waals surface area contributed by atoms with E-state index in [1.54, 1.807) is 6.92 Å². The molecule has 0 aliphatic carbocycles. The average Bonchev–Trinajstić information content (AvgIpc) is 2.78. The summed E-state index contributed by atoms with van der Waals surface area (Å²) in [6.07, 6.45) is -2.41. The first kappa shape index (κ1) is 12.5. The summed E-state index contributed by atoms with van der Waals surface area (Å²) in [7, 11) is 1.45. The minimum absolute atomic E-state index is 0.0328. The van der Waals surface area contributed by atoms with Gasteiger partial charge in [-0.3, -0.25) is 4.40 Å². The highest BCUT2D eigenvalue weighted by molar-refractivity contribution is 5.88. The normalized spacial score (nSPS) is 12.1. The maximum atomic E-state index is 12.4. The summed E-state index contributed by atoms with van der Waals surface area (Å²) < 4.78 is 44.5. The van der Waals surface area contributed by atoms with Gasteiger partial charge in [0.15, 0.2) is 5.69 Å². The fourth-order valence-corrected chi connectivity index (χ4v) is 1.58. The number of rotatable bonds is 2. The van der Waals surface area contributed by atoms with Crippen LogP contribution in [0.1, 0.15) is 23.1 Å². The van der Waals surface area contributed by atoms with E-state index in [2.05, 4.69) is 4.98 Å². The van der Waals surface area contributed by atoms with Gasteiger partial charge < -0.3 is 9.30 Å². The van der Waals surface area contributed by atoms with Gasteiger partial charge in [0.2, 0.25) is 5.78 Å². The number of ether oxygens (including phenoxy) is 1. The molecule has 8 heteroatoms. The monoisotopic (exact) mass is 261 g/mol. The van der Waals surface area contributed by atoms with E-state index in [1.165, 1.54) is 17.8 Å². The largest absolute Gasteiger partial charge is 0.461 e. The number of halogens is 3. The lowest BCUT2D eigenvalue weighted by molar-refractivity contribution is -0.140. The van der Waals surface area contributed by atoms with Crippen LogP contribution in [0, 0.1) is 0 Å². The van der Waals surface area contributed by atoms with Gasteiger partial charge in [0, 0.05) is 19.4 Å². The van der Waals surface area contributed by atoms with E-state index in [4.69, 9.17) is 4.74 Å². The Morgan fingerprint density at radius 3 is 2.61 bits per heavy atom. The number of aromatic nitrogens is 3. The standard InChI is InChI=1S/C10H10F3N3O2/c1-3-18-8(17)6-4-16-5-7(10(11,12)13)14-9(16)15(6)2/h4-5H,3H2,1-2H3. The molecule has 0 amide bonds. The first-order chi connectivity index (χ1) is 8.34. The quantitative estimate of drug-likeness (QED) is 0.775. The zero-order valence-corrected chi connectivity index (χ0v) is 9.65. The van der Waals surface area contributed by atoms with Crippen LogP contribution in [-0.2, 0) is 18.0 Å². The number of imidazole rings is 2. The molecular weight excluding hydrogens is 251 g/mol. The minimum atomic E-state index is -4.50. The topological polar surface area (TPSA) is 48.5 Å². The van der Waals surface area contributed by atoms with Gasteiger partial charge in [0.1, 0.15) is 5.69 Å². The number of nitrogens with zero attached hydrogens (tertiary/aromatic N) is 3. The Bertz CT molecular complexity index is 597. The average molecular weight is 261 g/mol. The number of aryl methyl sites for hydroxylation is 1. The van der Waals surface area contributed by atoms with Crippen LogP contribution in [-0.4, -0.2) is 26.5 Å². The highest BCUT2D eigenvalue weighted by atomic mass is 19.4. The number of hydrogen-bond donors (Lipinski definition) is 0. The van der Waals surface area contributed by atoms with Crippen LogP contribution >= 0.6 is 0 Å². The number of fused-ring (bicyclic) bond motifs is 1. The van der Waals surface area contributed by atoms with Crippen molar-refractivity contribution in [3.63, 3.8) is 0 Å². The van der Waals surface area contributed by atoms with Gasteiger partial charge in [-0.1, -0.05) is 0 Å². The van der Waals surface area contributed by atoms with Crippen molar-refractivity contribution in [2.24, 2.45) is 7.05 Å². The molecule has 0 atom stereocenters. The molecule has 0 spiro atoms. The van der Waals surface area contributed by atoms with Crippen LogP contribution in [0.15, 0.2) is 12.4 Å². The fraction of sp³-hybridized carbons (Fsp3) is 0.400. The van der Waals surface area contributed by atoms with Gasteiger partial charge in [-0.15, -0.1) is 0 Å². The lowest BCUT2D eigenvalue weighted by Gasteiger charge is -2.02. The van der Waals surface area contributed by atoms with Crippen molar-refractivity contribution in [3.05, 3.63) is 23.8 Å². The summed E-state index contributed by atoms with van der Waals surface area (Å²) in [5.41, 5.74) is -0.850. The number of esters is 1. The lowest BCUT2D eigenvalue weighted by atomic mass is 10.4. The molecule has 0 saturated carbocycles. The molecule has 0 fully saturated rings. The van der Waals surface area contributed by atoms with Crippen molar-refractivity contribution in [2.45, 2.75) is 13.1 Å². The molecule has 2 aromatic rings. The second-order valence-electron chi connectivity index (χ2n) is 3.62. The Hall–Kier alpha value is -1.99. The van der Waals surface area contributed by atoms with E-state index in [1.807, 2.05) is 0 Å². The Kier molecular flexibility index (Phi) is 2.80. The number of carbonyl (C=O) groups excluding carboxylic acids is 1. The summed E-state index contributed by atoms with van der Waals surface area (Å²) >= 11 is 0. The van der Waals surface area contributed by atoms with Crippen LogP contribution in [0.25, 0.3) is 5.78 Å². The maximum Gasteiger partial charge on any atom is 0.434 e. The van der Waals surface area contributed by atoms with Crippen LogP contribution < -0.4 is 0 Å². The molecule has 0 aromatic carbocycles. The van der Waals surface area contributed by atoms with Crippen molar-refractivity contribution in [2.75, 3.05) is 6.61 Å². The summed E-state index contributed by atoms with van der Waals surface area (Å²) in [4.78, 5) is 14.9. The van der Waals surface area contributed by atoms with E-state index in [-0.39, 0.29) is 18.1 Å². The molecule has 2 aromatic heterocycles. The molecule has 0 aliphatic rings. The van der Waals surface area contributed by atoms with Gasteiger partial charge in [0.25, 0.3) is 0 Å². The predicted molar refractivity (Wildman–Crippen MR) is 55.1 cm³/mol. The zero-order chi connectivity index (χ0) is 13.5. The van der Waals surface area contributed by atoms with Crippen LogP contribution in [0.4, 0.5) is 13.2 Å². The fourth-order valence-electron chi connectivity index (χ4n) is 1.58. The predicted octanol–water partition coefficient (Wildman–Crippen LogP) is 1.87. The van der Waals surface area contributed by atoms with Gasteiger partial charge in [-0.25, -0.2) is 9.78 Å². The summed E-state index contributed by atoms with van der Waals surface area (Å²) in [5, 5.41) is 0. The van der Waals surface area contributed by atoms with Crippen molar-refractivity contribution in [1.82, 2.24) is 14.0 Å². The van der Waals surface area contributed by atoms with Crippen LogP contribution in [0.3, 0.4) is 0 Å². The molecule has 0 saturated heterocycles. The molecular formula is C10H10F3N3O2. The van der Waals surface area contributed by atoms with Crippen LogP contribution in [0.5, 0.6) is 0 Å². The molecule has 5 nitrogen and oxygen atoms in total. The zero-order valence-electron chi connectivity index (χ0n) is 9.65. The molecule has 0 bridgehead atoms. The van der Waals surface area contributed by atoms with Crippen LogP contribution in [0.2, 0.25) is 0 Å². The van der Waals surface area contributed by atoms with Gasteiger partial charge in [-0.05, 0) is 6.92 Å². The Balaban J connectivity index is 2.48. The van der Waals surface area contributed by atoms with Gasteiger partial charge in [0.05, 0.1) is 6.61 Å². The number of carbonyl (C=O) groups is 1. The SMILES string of the molecule is CCOC(=O)c1cn2cc(C(F)(F)F)nc2n1C. The number of hydrogen-bond acceptors (Lipinski definition) is 3. The lowest BCUT2D eigenvalue weighted by Crippen LogP contribution is -2.10. The smallest absolute Gasteiger partial charge is 0.434 e. The maximum absolute atomic E-state index is 12.4. The third-order valence-electron chi connectivity index (χ3n) is 2.41. The van der Waals surface area contributed by atoms with Gasteiger partial charge in [-0.2, -0.15) is 13.2 Å². The Morgan fingerprint density at radius 2 is 2.11 bits per heavy atom. The van der Waals surface area contributed by atoms with Crippen molar-refractivity contribution in [1.29, 1.82) is 0 Å². The second kappa shape index (κ2) is 4.04. The molecule has 0 unspecified atom stereocenters. The molecule has 0 aliphatic heterocycles.